The molecule has 8 nitrogen and oxygen atoms in total. The standard InChI is InChI=1S/C57H98NO7P/c1-6-8-10-12-14-16-18-20-22-24-26-27-28-29-30-31-32-34-36-38-40-42-44-46-48-50-57(59)65-56(55-64-66(60,61)63-53-51-58(3,4)5)54-62-52-49-47-45-43-41-39-37-35-33-25-23-21-19-17-15-13-11-9-7-2/h8,10,14,16-17,19-20,22-23,25-27,29-30,32,34,38,40,56H,6-7,9,11-13,15,18,21,24,28,31,33,35-37,39,41-55H2,1-5H3/b10-8-,16-14-,19-17-,22-20-,25-23-,27-26-,30-29-,34-32-,40-38-. The molecule has 378 valence electrons. The Balaban J connectivity index is 4.27. The maximum Gasteiger partial charge on any atom is 0.306 e. The highest BCUT2D eigenvalue weighted by Crippen LogP contribution is 2.38. The van der Waals surface area contributed by atoms with Crippen molar-refractivity contribution in [3.8, 4) is 0 Å². The monoisotopic (exact) mass is 940 g/mol. The van der Waals surface area contributed by atoms with Gasteiger partial charge in [0.15, 0.2) is 0 Å². The van der Waals surface area contributed by atoms with E-state index in [1.807, 2.05) is 21.1 Å². The van der Waals surface area contributed by atoms with E-state index < -0.39 is 13.9 Å². The number of ether oxygens (including phenoxy) is 2. The van der Waals surface area contributed by atoms with Crippen LogP contribution in [0.3, 0.4) is 0 Å². The van der Waals surface area contributed by atoms with Gasteiger partial charge in [0.25, 0.3) is 7.82 Å². The number of allylic oxidation sites excluding steroid dienone is 18. The van der Waals surface area contributed by atoms with Crippen LogP contribution in [0.25, 0.3) is 0 Å². The molecule has 9 heteroatoms. The molecular formula is C57H98NO7P. The number of carbonyl (C=O) groups is 1. The number of carbonyl (C=O) groups excluding carboxylic acids is 1. The Morgan fingerprint density at radius 2 is 0.879 bits per heavy atom. The molecule has 0 aliphatic rings. The first-order valence-electron chi connectivity index (χ1n) is 26.1. The zero-order valence-electron chi connectivity index (χ0n) is 42.8. The van der Waals surface area contributed by atoms with E-state index in [0.717, 1.165) is 83.5 Å². The van der Waals surface area contributed by atoms with Crippen molar-refractivity contribution in [3.05, 3.63) is 109 Å². The molecular weight excluding hydrogens is 842 g/mol. The molecule has 0 aliphatic heterocycles. The van der Waals surface area contributed by atoms with E-state index in [-0.39, 0.29) is 32.2 Å². The van der Waals surface area contributed by atoms with Gasteiger partial charge in [-0.1, -0.05) is 187 Å². The van der Waals surface area contributed by atoms with Crippen LogP contribution >= 0.6 is 7.82 Å². The van der Waals surface area contributed by atoms with Gasteiger partial charge in [0.2, 0.25) is 0 Å². The van der Waals surface area contributed by atoms with Crippen LogP contribution in [0.2, 0.25) is 0 Å². The van der Waals surface area contributed by atoms with Gasteiger partial charge in [-0.05, 0) is 103 Å². The minimum absolute atomic E-state index is 0.0116. The second-order valence-electron chi connectivity index (χ2n) is 18.1. The minimum Gasteiger partial charge on any atom is -0.756 e. The number of phosphoric ester groups is 1. The Morgan fingerprint density at radius 3 is 1.32 bits per heavy atom. The van der Waals surface area contributed by atoms with Gasteiger partial charge in [-0.2, -0.15) is 0 Å². The summed E-state index contributed by atoms with van der Waals surface area (Å²) in [5.41, 5.74) is 0. The lowest BCUT2D eigenvalue weighted by molar-refractivity contribution is -0.870. The van der Waals surface area contributed by atoms with Crippen molar-refractivity contribution < 1.29 is 37.3 Å². The summed E-state index contributed by atoms with van der Waals surface area (Å²) in [4.78, 5) is 25.2. The van der Waals surface area contributed by atoms with Gasteiger partial charge < -0.3 is 27.9 Å². The molecule has 0 N–H and O–H groups in total. The Bertz CT molecular complexity index is 1420. The molecule has 0 saturated heterocycles. The van der Waals surface area contributed by atoms with E-state index in [1.54, 1.807) is 0 Å². The van der Waals surface area contributed by atoms with Gasteiger partial charge in [0, 0.05) is 13.0 Å². The first kappa shape index (κ1) is 63.2. The number of nitrogens with zero attached hydrogens (tertiary/aromatic N) is 1. The summed E-state index contributed by atoms with van der Waals surface area (Å²) < 4.78 is 34.7. The molecule has 0 rings (SSSR count). The third-order valence-corrected chi connectivity index (χ3v) is 11.5. The van der Waals surface area contributed by atoms with Gasteiger partial charge in [0.1, 0.15) is 19.3 Å². The van der Waals surface area contributed by atoms with Crippen LogP contribution in [0, 0.1) is 0 Å². The molecule has 2 atom stereocenters. The average molecular weight is 940 g/mol. The normalized spacial score (nSPS) is 14.5. The molecule has 0 spiro atoms. The molecule has 66 heavy (non-hydrogen) atoms. The number of likely N-dealkylation sites (N-methyl/N-ethyl adjacent to an activating group) is 1. The fraction of sp³-hybridized carbons (Fsp3) is 0.667. The molecule has 0 amide bonds. The number of unbranched alkanes of at least 4 members (excludes halogenated alkanes) is 15. The predicted octanol–water partition coefficient (Wildman–Crippen LogP) is 15.7. The van der Waals surface area contributed by atoms with Crippen LogP contribution in [-0.2, 0) is 27.9 Å². The van der Waals surface area contributed by atoms with Crippen LogP contribution in [0.5, 0.6) is 0 Å². The molecule has 0 aromatic heterocycles. The quantitative estimate of drug-likeness (QED) is 0.0197. The highest BCUT2D eigenvalue weighted by Gasteiger charge is 2.20. The van der Waals surface area contributed by atoms with Crippen molar-refractivity contribution in [1.29, 1.82) is 0 Å². The maximum atomic E-state index is 12.8. The number of hydrogen-bond acceptors (Lipinski definition) is 7. The van der Waals surface area contributed by atoms with Crippen molar-refractivity contribution in [2.75, 3.05) is 54.1 Å². The Labute approximate surface area is 406 Å². The molecule has 2 unspecified atom stereocenters. The molecule has 0 fully saturated rings. The molecule has 0 saturated carbocycles. The van der Waals surface area contributed by atoms with Gasteiger partial charge >= 0.3 is 5.97 Å². The van der Waals surface area contributed by atoms with Crippen LogP contribution in [0.15, 0.2) is 109 Å². The first-order valence-corrected chi connectivity index (χ1v) is 27.6. The third kappa shape index (κ3) is 52.1. The SMILES string of the molecule is CC/C=C\C/C=C\C/C=C\C/C=C\C/C=C\C/C=C\C/C=C\CCCCCC(=O)OC(COCCCCCCCCCC/C=C\C/C=C\CCCCCC)COP(=O)([O-])OCC[N+](C)(C)C. The first-order chi connectivity index (χ1) is 32.1. The number of esters is 1. The molecule has 0 aromatic rings. The van der Waals surface area contributed by atoms with E-state index in [1.165, 1.54) is 77.0 Å². The maximum absolute atomic E-state index is 12.8. The molecule has 0 heterocycles. The molecule has 0 radical (unpaired) electrons. The Morgan fingerprint density at radius 1 is 0.485 bits per heavy atom. The van der Waals surface area contributed by atoms with E-state index in [4.69, 9.17) is 18.5 Å². The Hall–Kier alpha value is -2.84. The number of rotatable bonds is 47. The topological polar surface area (TPSA) is 94.1 Å². The van der Waals surface area contributed by atoms with E-state index >= 15 is 0 Å². The largest absolute Gasteiger partial charge is 0.756 e. The fourth-order valence-electron chi connectivity index (χ4n) is 6.56. The fourth-order valence-corrected chi connectivity index (χ4v) is 7.28. The second-order valence-corrected chi connectivity index (χ2v) is 19.6. The zero-order valence-corrected chi connectivity index (χ0v) is 43.7. The summed E-state index contributed by atoms with van der Waals surface area (Å²) in [6, 6.07) is 0. The average Bonchev–Trinajstić information content (AvgIpc) is 3.28. The lowest BCUT2D eigenvalue weighted by Gasteiger charge is -2.28. The van der Waals surface area contributed by atoms with Gasteiger partial charge in [-0.15, -0.1) is 0 Å². The lowest BCUT2D eigenvalue weighted by Crippen LogP contribution is -2.37. The summed E-state index contributed by atoms with van der Waals surface area (Å²) in [5, 5.41) is 0. The number of quaternary nitrogens is 1. The van der Waals surface area contributed by atoms with Crippen LogP contribution in [-0.4, -0.2) is 70.7 Å². The summed E-state index contributed by atoms with van der Waals surface area (Å²) in [5.74, 6) is -0.372. The van der Waals surface area contributed by atoms with Crippen LogP contribution < -0.4 is 4.89 Å². The second kappa shape index (κ2) is 48.6. The van der Waals surface area contributed by atoms with Crippen molar-refractivity contribution >= 4 is 13.8 Å². The molecule has 0 bridgehead atoms. The van der Waals surface area contributed by atoms with Crippen molar-refractivity contribution in [2.24, 2.45) is 0 Å². The van der Waals surface area contributed by atoms with Gasteiger partial charge in [-0.3, -0.25) is 9.36 Å². The van der Waals surface area contributed by atoms with Crippen LogP contribution in [0.1, 0.15) is 187 Å². The summed E-state index contributed by atoms with van der Waals surface area (Å²) in [6.45, 7) is 5.20. The zero-order chi connectivity index (χ0) is 48.3. The number of phosphoric acid groups is 1. The van der Waals surface area contributed by atoms with Crippen molar-refractivity contribution in [2.45, 2.75) is 193 Å². The smallest absolute Gasteiger partial charge is 0.306 e. The molecule has 0 aliphatic carbocycles. The van der Waals surface area contributed by atoms with Crippen molar-refractivity contribution in [1.82, 2.24) is 0 Å². The highest BCUT2D eigenvalue weighted by atomic mass is 31.2. The van der Waals surface area contributed by atoms with Gasteiger partial charge in [-0.25, -0.2) is 0 Å². The highest BCUT2D eigenvalue weighted by molar-refractivity contribution is 7.45. The Kier molecular flexibility index (Phi) is 46.5. The molecule has 0 aromatic carbocycles. The minimum atomic E-state index is -4.55. The third-order valence-electron chi connectivity index (χ3n) is 10.6. The number of hydrogen-bond donors (Lipinski definition) is 0. The van der Waals surface area contributed by atoms with E-state index in [2.05, 4.69) is 123 Å². The van der Waals surface area contributed by atoms with Crippen molar-refractivity contribution in [3.63, 3.8) is 0 Å². The predicted molar refractivity (Wildman–Crippen MR) is 281 cm³/mol. The summed E-state index contributed by atoms with van der Waals surface area (Å²) in [6.07, 6.45) is 68.3. The van der Waals surface area contributed by atoms with E-state index in [0.29, 0.717) is 24.1 Å². The van der Waals surface area contributed by atoms with Gasteiger partial charge in [0.05, 0.1) is 34.4 Å². The lowest BCUT2D eigenvalue weighted by atomic mass is 10.1. The summed E-state index contributed by atoms with van der Waals surface area (Å²) in [7, 11) is 1.31. The van der Waals surface area contributed by atoms with E-state index in [9.17, 15) is 14.3 Å². The van der Waals surface area contributed by atoms with Crippen LogP contribution in [0.4, 0.5) is 0 Å². The summed E-state index contributed by atoms with van der Waals surface area (Å²) >= 11 is 0.